The van der Waals surface area contributed by atoms with E-state index in [4.69, 9.17) is 0 Å². The number of nitrogens with zero attached hydrogens (tertiary/aromatic N) is 1. The molecular formula is C11H16F2N2. The standard InChI is InChI=1S/C11H16F2N2/c1-8-6-10(13)11(7-9(8)12)14-4-5-15(2)3/h6-7,14H,4-5H2,1-3H3. The van der Waals surface area contributed by atoms with Crippen molar-refractivity contribution in [3.05, 3.63) is 29.3 Å². The first-order valence-corrected chi connectivity index (χ1v) is 4.85. The molecule has 0 unspecified atom stereocenters. The third kappa shape index (κ3) is 3.47. The van der Waals surface area contributed by atoms with Crippen LogP contribution in [0, 0.1) is 18.6 Å². The largest absolute Gasteiger partial charge is 0.381 e. The van der Waals surface area contributed by atoms with Crippen molar-refractivity contribution in [3.8, 4) is 0 Å². The molecule has 1 aromatic carbocycles. The molecule has 1 rings (SSSR count). The fraction of sp³-hybridized carbons (Fsp3) is 0.455. The van der Waals surface area contributed by atoms with Gasteiger partial charge < -0.3 is 10.2 Å². The molecule has 0 aliphatic rings. The van der Waals surface area contributed by atoms with Gasteiger partial charge in [0, 0.05) is 19.2 Å². The van der Waals surface area contributed by atoms with Crippen LogP contribution in [0.1, 0.15) is 5.56 Å². The molecule has 84 valence electrons. The molecular weight excluding hydrogens is 198 g/mol. The van der Waals surface area contributed by atoms with Crippen LogP contribution in [0.2, 0.25) is 0 Å². The number of hydrogen-bond donors (Lipinski definition) is 1. The predicted octanol–water partition coefficient (Wildman–Crippen LogP) is 2.25. The zero-order valence-corrected chi connectivity index (χ0v) is 9.27. The molecule has 0 heterocycles. The highest BCUT2D eigenvalue weighted by molar-refractivity contribution is 5.46. The summed E-state index contributed by atoms with van der Waals surface area (Å²) >= 11 is 0. The molecule has 0 aliphatic heterocycles. The summed E-state index contributed by atoms with van der Waals surface area (Å²) in [5.41, 5.74) is 0.547. The van der Waals surface area contributed by atoms with E-state index < -0.39 is 5.82 Å². The highest BCUT2D eigenvalue weighted by Crippen LogP contribution is 2.18. The van der Waals surface area contributed by atoms with Crippen molar-refractivity contribution in [1.29, 1.82) is 0 Å². The van der Waals surface area contributed by atoms with E-state index in [1.54, 1.807) is 6.92 Å². The Morgan fingerprint density at radius 1 is 1.20 bits per heavy atom. The van der Waals surface area contributed by atoms with Crippen LogP contribution >= 0.6 is 0 Å². The third-order valence-corrected chi connectivity index (χ3v) is 2.12. The molecule has 15 heavy (non-hydrogen) atoms. The van der Waals surface area contributed by atoms with Crippen LogP contribution in [-0.4, -0.2) is 32.1 Å². The van der Waals surface area contributed by atoms with Crippen molar-refractivity contribution < 1.29 is 8.78 Å². The van der Waals surface area contributed by atoms with Gasteiger partial charge in [0.15, 0.2) is 0 Å². The van der Waals surface area contributed by atoms with Crippen LogP contribution in [-0.2, 0) is 0 Å². The molecule has 0 radical (unpaired) electrons. The van der Waals surface area contributed by atoms with Gasteiger partial charge in [-0.25, -0.2) is 8.78 Å². The highest BCUT2D eigenvalue weighted by Gasteiger charge is 2.06. The maximum Gasteiger partial charge on any atom is 0.146 e. The number of anilines is 1. The van der Waals surface area contributed by atoms with Gasteiger partial charge in [-0.15, -0.1) is 0 Å². The molecule has 0 spiro atoms. The van der Waals surface area contributed by atoms with E-state index in [2.05, 4.69) is 5.32 Å². The summed E-state index contributed by atoms with van der Waals surface area (Å²) in [5.74, 6) is -0.795. The SMILES string of the molecule is Cc1cc(F)c(NCCN(C)C)cc1F. The van der Waals surface area contributed by atoms with Crippen LogP contribution < -0.4 is 5.32 Å². The maximum absolute atomic E-state index is 13.3. The van der Waals surface area contributed by atoms with Gasteiger partial charge in [-0.1, -0.05) is 0 Å². The molecule has 0 atom stereocenters. The summed E-state index contributed by atoms with van der Waals surface area (Å²) in [6.07, 6.45) is 0. The lowest BCUT2D eigenvalue weighted by molar-refractivity contribution is 0.425. The summed E-state index contributed by atoms with van der Waals surface area (Å²) in [6.45, 7) is 2.91. The molecule has 4 heteroatoms. The molecule has 0 bridgehead atoms. The fourth-order valence-corrected chi connectivity index (χ4v) is 1.20. The minimum atomic E-state index is -0.410. The van der Waals surface area contributed by atoms with Crippen LogP contribution in [0.3, 0.4) is 0 Å². The molecule has 0 amide bonds. The molecule has 1 aromatic rings. The van der Waals surface area contributed by atoms with Crippen LogP contribution in [0.5, 0.6) is 0 Å². The summed E-state index contributed by atoms with van der Waals surface area (Å²) in [4.78, 5) is 1.97. The van der Waals surface area contributed by atoms with E-state index in [-0.39, 0.29) is 11.5 Å². The molecule has 0 saturated heterocycles. The van der Waals surface area contributed by atoms with Crippen molar-refractivity contribution in [2.45, 2.75) is 6.92 Å². The van der Waals surface area contributed by atoms with Gasteiger partial charge in [0.2, 0.25) is 0 Å². The lowest BCUT2D eigenvalue weighted by Gasteiger charge is -2.12. The van der Waals surface area contributed by atoms with Crippen LogP contribution in [0.4, 0.5) is 14.5 Å². The fourth-order valence-electron chi connectivity index (χ4n) is 1.20. The average Bonchev–Trinajstić information content (AvgIpc) is 2.13. The van der Waals surface area contributed by atoms with Crippen molar-refractivity contribution in [1.82, 2.24) is 4.90 Å². The molecule has 1 N–H and O–H groups in total. The Hall–Kier alpha value is -1.16. The number of likely N-dealkylation sites (N-methyl/N-ethyl adjacent to an activating group) is 1. The Labute approximate surface area is 88.9 Å². The minimum absolute atomic E-state index is 0.222. The summed E-state index contributed by atoms with van der Waals surface area (Å²) in [6, 6.07) is 2.40. The van der Waals surface area contributed by atoms with E-state index in [9.17, 15) is 8.78 Å². The maximum atomic E-state index is 13.3. The van der Waals surface area contributed by atoms with Crippen molar-refractivity contribution in [3.63, 3.8) is 0 Å². The minimum Gasteiger partial charge on any atom is -0.381 e. The molecule has 0 fully saturated rings. The zero-order chi connectivity index (χ0) is 11.4. The lowest BCUT2D eigenvalue weighted by atomic mass is 10.2. The zero-order valence-electron chi connectivity index (χ0n) is 9.27. The van der Waals surface area contributed by atoms with E-state index in [0.29, 0.717) is 12.1 Å². The average molecular weight is 214 g/mol. The number of benzene rings is 1. The second kappa shape index (κ2) is 5.07. The molecule has 0 saturated carbocycles. The quantitative estimate of drug-likeness (QED) is 0.827. The monoisotopic (exact) mass is 214 g/mol. The Morgan fingerprint density at radius 3 is 2.47 bits per heavy atom. The first-order chi connectivity index (χ1) is 7.00. The number of hydrogen-bond acceptors (Lipinski definition) is 2. The van der Waals surface area contributed by atoms with Crippen molar-refractivity contribution in [2.24, 2.45) is 0 Å². The number of nitrogens with one attached hydrogen (secondary N) is 1. The van der Waals surface area contributed by atoms with Crippen molar-refractivity contribution >= 4 is 5.69 Å². The van der Waals surface area contributed by atoms with Gasteiger partial charge in [0.1, 0.15) is 11.6 Å². The van der Waals surface area contributed by atoms with E-state index in [0.717, 1.165) is 6.54 Å². The van der Waals surface area contributed by atoms with Gasteiger partial charge in [-0.3, -0.25) is 0 Å². The van der Waals surface area contributed by atoms with Gasteiger partial charge >= 0.3 is 0 Å². The second-order valence-corrected chi connectivity index (χ2v) is 3.81. The molecule has 2 nitrogen and oxygen atoms in total. The van der Waals surface area contributed by atoms with E-state index in [1.807, 2.05) is 19.0 Å². The lowest BCUT2D eigenvalue weighted by Crippen LogP contribution is -2.21. The first-order valence-electron chi connectivity index (χ1n) is 4.85. The summed E-state index contributed by atoms with van der Waals surface area (Å²) in [5, 5.41) is 2.86. The smallest absolute Gasteiger partial charge is 0.146 e. The summed E-state index contributed by atoms with van der Waals surface area (Å²) in [7, 11) is 3.85. The highest BCUT2D eigenvalue weighted by atomic mass is 19.1. The molecule has 0 aliphatic carbocycles. The van der Waals surface area contributed by atoms with Gasteiger partial charge in [-0.05, 0) is 32.6 Å². The van der Waals surface area contributed by atoms with Crippen molar-refractivity contribution in [2.75, 3.05) is 32.5 Å². The third-order valence-electron chi connectivity index (χ3n) is 2.12. The Balaban J connectivity index is 2.65. The predicted molar refractivity (Wildman–Crippen MR) is 58.1 cm³/mol. The Bertz CT molecular complexity index is 338. The topological polar surface area (TPSA) is 15.3 Å². The Kier molecular flexibility index (Phi) is 4.03. The van der Waals surface area contributed by atoms with Gasteiger partial charge in [0.05, 0.1) is 5.69 Å². The molecule has 0 aromatic heterocycles. The van der Waals surface area contributed by atoms with Crippen LogP contribution in [0.15, 0.2) is 12.1 Å². The second-order valence-electron chi connectivity index (χ2n) is 3.81. The van der Waals surface area contributed by atoms with E-state index >= 15 is 0 Å². The number of halogens is 2. The normalized spacial score (nSPS) is 10.8. The van der Waals surface area contributed by atoms with Gasteiger partial charge in [-0.2, -0.15) is 0 Å². The van der Waals surface area contributed by atoms with Gasteiger partial charge in [0.25, 0.3) is 0 Å². The van der Waals surface area contributed by atoms with E-state index in [1.165, 1.54) is 12.1 Å². The number of rotatable bonds is 4. The first kappa shape index (κ1) is 11.9. The summed E-state index contributed by atoms with van der Waals surface area (Å²) < 4.78 is 26.4. The number of aryl methyl sites for hydroxylation is 1. The Morgan fingerprint density at radius 2 is 1.87 bits per heavy atom. The van der Waals surface area contributed by atoms with Crippen LogP contribution in [0.25, 0.3) is 0 Å².